The van der Waals surface area contributed by atoms with Crippen molar-refractivity contribution < 1.29 is 4.74 Å². The van der Waals surface area contributed by atoms with E-state index < -0.39 is 0 Å². The quantitative estimate of drug-likeness (QED) is 0.393. The zero-order valence-corrected chi connectivity index (χ0v) is 18.6. The molecule has 0 aliphatic carbocycles. The summed E-state index contributed by atoms with van der Waals surface area (Å²) < 4.78 is 10.2. The molecule has 33 heavy (non-hydrogen) atoms. The first-order chi connectivity index (χ1) is 16.0. The minimum absolute atomic E-state index is 0.203. The maximum absolute atomic E-state index is 13.0. The molecule has 0 radical (unpaired) electrons. The highest BCUT2D eigenvalue weighted by Crippen LogP contribution is 2.35. The van der Waals surface area contributed by atoms with Crippen LogP contribution in [0.25, 0.3) is 22.5 Å². The van der Waals surface area contributed by atoms with Gasteiger partial charge in [0.1, 0.15) is 17.1 Å². The Labute approximate surface area is 196 Å². The summed E-state index contributed by atoms with van der Waals surface area (Å²) in [7, 11) is 1.53. The maximum Gasteiger partial charge on any atom is 0.251 e. The maximum atomic E-state index is 13.0. The van der Waals surface area contributed by atoms with Crippen LogP contribution in [0.2, 0.25) is 10.2 Å². The molecule has 0 spiro atoms. The molecule has 0 fully saturated rings. The van der Waals surface area contributed by atoms with Crippen molar-refractivity contribution in [3.05, 3.63) is 81.5 Å². The number of nitrogens with zero attached hydrogens (tertiary/aromatic N) is 8. The fourth-order valence-electron chi connectivity index (χ4n) is 3.37. The van der Waals surface area contributed by atoms with E-state index in [-0.39, 0.29) is 17.3 Å². The van der Waals surface area contributed by atoms with Gasteiger partial charge in [0.15, 0.2) is 5.15 Å². The average Bonchev–Trinajstić information content (AvgIpc) is 3.57. The van der Waals surface area contributed by atoms with Crippen molar-refractivity contribution in [3.8, 4) is 28.3 Å². The number of halogens is 2. The summed E-state index contributed by atoms with van der Waals surface area (Å²) in [4.78, 5) is 13.0. The first-order valence-electron chi connectivity index (χ1n) is 9.59. The highest BCUT2D eigenvalue weighted by Gasteiger charge is 2.17. The van der Waals surface area contributed by atoms with E-state index in [0.717, 1.165) is 5.69 Å². The largest absolute Gasteiger partial charge is 0.495 e. The Balaban J connectivity index is 1.55. The molecule has 4 aromatic heterocycles. The third-order valence-electron chi connectivity index (χ3n) is 4.89. The summed E-state index contributed by atoms with van der Waals surface area (Å²) in [5.41, 5.74) is 2.88. The summed E-state index contributed by atoms with van der Waals surface area (Å²) in [5, 5.41) is 23.4. The third-order valence-corrected chi connectivity index (χ3v) is 5.30. The topological polar surface area (TPSA) is 121 Å². The van der Waals surface area contributed by atoms with Gasteiger partial charge in [0.05, 0.1) is 44.1 Å². The number of nitrogens with one attached hydrogen (secondary N) is 1. The van der Waals surface area contributed by atoms with E-state index >= 15 is 0 Å². The van der Waals surface area contributed by atoms with Gasteiger partial charge in [0.25, 0.3) is 5.56 Å². The first-order valence-corrected chi connectivity index (χ1v) is 10.3. The highest BCUT2D eigenvalue weighted by molar-refractivity contribution is 6.31. The first kappa shape index (κ1) is 20.9. The molecule has 0 amide bonds. The van der Waals surface area contributed by atoms with Crippen molar-refractivity contribution in [2.24, 2.45) is 0 Å². The Morgan fingerprint density at radius 3 is 2.61 bits per heavy atom. The van der Waals surface area contributed by atoms with E-state index in [4.69, 9.17) is 27.9 Å². The lowest BCUT2D eigenvalue weighted by atomic mass is 10.0. The van der Waals surface area contributed by atoms with Gasteiger partial charge >= 0.3 is 0 Å². The molecule has 13 heteroatoms. The van der Waals surface area contributed by atoms with Gasteiger partial charge in [-0.25, -0.2) is 9.36 Å². The number of rotatable bonds is 6. The van der Waals surface area contributed by atoms with Gasteiger partial charge < -0.3 is 9.30 Å². The van der Waals surface area contributed by atoms with E-state index in [1.165, 1.54) is 22.4 Å². The molecule has 0 aliphatic rings. The Morgan fingerprint density at radius 1 is 1.03 bits per heavy atom. The number of H-pyrrole nitrogens is 1. The van der Waals surface area contributed by atoms with Crippen LogP contribution in [0.4, 0.5) is 0 Å². The molecular weight excluding hydrogens is 469 g/mol. The molecule has 4 heterocycles. The standard InChI is InChI=1S/C20H15Cl2N9O2/c1-33-18-10-29(8-13-9-30(27-25-13)14-6-23-24-7-14)20(32)5-16(18)15-4-12(21)2-3-17(15)31-11-19(22)26-28-31/h2-7,9-11H,8H2,1H3,(H,23,24). The van der Waals surface area contributed by atoms with E-state index in [2.05, 4.69) is 30.8 Å². The third kappa shape index (κ3) is 4.11. The van der Waals surface area contributed by atoms with Crippen molar-refractivity contribution in [2.45, 2.75) is 6.54 Å². The number of pyridine rings is 1. The minimum atomic E-state index is -0.258. The van der Waals surface area contributed by atoms with Gasteiger partial charge in [-0.2, -0.15) is 5.10 Å². The van der Waals surface area contributed by atoms with Crippen LogP contribution in [0.1, 0.15) is 5.69 Å². The lowest BCUT2D eigenvalue weighted by Gasteiger charge is -2.15. The fraction of sp³-hybridized carbons (Fsp3) is 0.100. The molecule has 0 atom stereocenters. The van der Waals surface area contributed by atoms with Crippen LogP contribution < -0.4 is 10.3 Å². The number of hydrogen-bond donors (Lipinski definition) is 1. The molecule has 0 saturated carbocycles. The van der Waals surface area contributed by atoms with Crippen LogP contribution in [-0.2, 0) is 6.54 Å². The molecular formula is C20H15Cl2N9O2. The molecule has 1 N–H and O–H groups in total. The van der Waals surface area contributed by atoms with Gasteiger partial charge in [-0.05, 0) is 18.2 Å². The molecule has 0 unspecified atom stereocenters. The van der Waals surface area contributed by atoms with Crippen molar-refractivity contribution in [2.75, 3.05) is 7.11 Å². The zero-order chi connectivity index (χ0) is 22.9. The molecule has 11 nitrogen and oxygen atoms in total. The van der Waals surface area contributed by atoms with E-state index in [1.54, 1.807) is 53.9 Å². The Morgan fingerprint density at radius 2 is 1.88 bits per heavy atom. The van der Waals surface area contributed by atoms with Crippen LogP contribution in [0.15, 0.2) is 60.0 Å². The van der Waals surface area contributed by atoms with Crippen molar-refractivity contribution >= 4 is 23.2 Å². The molecule has 5 aromatic rings. The van der Waals surface area contributed by atoms with Crippen LogP contribution >= 0.6 is 23.2 Å². The molecule has 166 valence electrons. The lowest BCUT2D eigenvalue weighted by molar-refractivity contribution is 0.410. The number of methoxy groups -OCH3 is 1. The van der Waals surface area contributed by atoms with Gasteiger partial charge in [0.2, 0.25) is 0 Å². The van der Waals surface area contributed by atoms with Crippen LogP contribution in [0, 0.1) is 0 Å². The smallest absolute Gasteiger partial charge is 0.251 e. The monoisotopic (exact) mass is 483 g/mol. The lowest BCUT2D eigenvalue weighted by Crippen LogP contribution is -2.20. The Bertz CT molecular complexity index is 1490. The zero-order valence-electron chi connectivity index (χ0n) is 17.1. The van der Waals surface area contributed by atoms with Gasteiger partial charge in [-0.15, -0.1) is 10.2 Å². The average molecular weight is 484 g/mol. The van der Waals surface area contributed by atoms with Crippen molar-refractivity contribution in [1.82, 2.24) is 44.8 Å². The van der Waals surface area contributed by atoms with Gasteiger partial charge in [0, 0.05) is 28.4 Å². The number of ether oxygens (including phenoxy) is 1. The fourth-order valence-corrected chi connectivity index (χ4v) is 3.67. The normalized spacial score (nSPS) is 11.1. The van der Waals surface area contributed by atoms with Gasteiger partial charge in [-0.3, -0.25) is 9.89 Å². The molecule has 0 aliphatic heterocycles. The predicted octanol–water partition coefficient (Wildman–Crippen LogP) is 2.76. The number of aromatic amines is 1. The molecule has 1 aromatic carbocycles. The second kappa shape index (κ2) is 8.52. The number of aromatic nitrogens is 9. The van der Waals surface area contributed by atoms with Crippen molar-refractivity contribution in [1.29, 1.82) is 0 Å². The second-order valence-electron chi connectivity index (χ2n) is 6.98. The predicted molar refractivity (Wildman–Crippen MR) is 120 cm³/mol. The Kier molecular flexibility index (Phi) is 5.40. The summed E-state index contributed by atoms with van der Waals surface area (Å²) in [5.74, 6) is 0.464. The second-order valence-corrected chi connectivity index (χ2v) is 7.80. The molecule has 5 rings (SSSR count). The molecule has 0 bridgehead atoms. The van der Waals surface area contributed by atoms with E-state index in [1.807, 2.05) is 0 Å². The molecule has 0 saturated heterocycles. The highest BCUT2D eigenvalue weighted by atomic mass is 35.5. The Hall–Kier alpha value is -3.96. The van der Waals surface area contributed by atoms with Crippen molar-refractivity contribution in [3.63, 3.8) is 0 Å². The number of benzene rings is 1. The van der Waals surface area contributed by atoms with Gasteiger partial charge in [-0.1, -0.05) is 33.6 Å². The minimum Gasteiger partial charge on any atom is -0.495 e. The van der Waals surface area contributed by atoms with Crippen LogP contribution in [0.3, 0.4) is 0 Å². The summed E-state index contributed by atoms with van der Waals surface area (Å²) in [6.45, 7) is 0.203. The SMILES string of the molecule is COc1cn(Cc2cn(-c3cn[nH]c3)nn2)c(=O)cc1-c1cc(Cl)ccc1-n1cc(Cl)nn1. The summed E-state index contributed by atoms with van der Waals surface area (Å²) in [6, 6.07) is 6.69. The summed E-state index contributed by atoms with van der Waals surface area (Å²) >= 11 is 12.2. The van der Waals surface area contributed by atoms with Crippen LogP contribution in [0.5, 0.6) is 5.75 Å². The van der Waals surface area contributed by atoms with E-state index in [0.29, 0.717) is 33.3 Å². The van der Waals surface area contributed by atoms with Crippen LogP contribution in [-0.4, -0.2) is 51.9 Å². The summed E-state index contributed by atoms with van der Waals surface area (Å²) in [6.07, 6.45) is 8.21. The van der Waals surface area contributed by atoms with E-state index in [9.17, 15) is 4.79 Å². The number of hydrogen-bond acceptors (Lipinski definition) is 7.